The maximum Gasteiger partial charge on any atom is 0.250 e. The van der Waals surface area contributed by atoms with Crippen molar-refractivity contribution >= 4 is 11.7 Å². The van der Waals surface area contributed by atoms with Crippen LogP contribution in [0.1, 0.15) is 30.1 Å². The van der Waals surface area contributed by atoms with Crippen LogP contribution in [0.25, 0.3) is 0 Å². The lowest BCUT2D eigenvalue weighted by Crippen LogP contribution is -2.46. The molecule has 0 saturated carbocycles. The summed E-state index contributed by atoms with van der Waals surface area (Å²) < 4.78 is 0. The Morgan fingerprint density at radius 2 is 2.44 bits per heavy atom. The summed E-state index contributed by atoms with van der Waals surface area (Å²) >= 11 is 0. The van der Waals surface area contributed by atoms with Gasteiger partial charge in [-0.25, -0.2) is 4.98 Å². The van der Waals surface area contributed by atoms with E-state index in [2.05, 4.69) is 22.1 Å². The molecule has 0 aliphatic carbocycles. The van der Waals surface area contributed by atoms with Gasteiger partial charge in [-0.3, -0.25) is 4.79 Å². The normalized spacial score (nSPS) is 19.8. The predicted octanol–water partition coefficient (Wildman–Crippen LogP) is 0.759. The third kappa shape index (κ3) is 2.98. The topological polar surface area (TPSA) is 71.2 Å². The molecule has 18 heavy (non-hydrogen) atoms. The minimum atomic E-state index is -0.432. The van der Waals surface area contributed by atoms with E-state index in [4.69, 9.17) is 5.73 Å². The van der Waals surface area contributed by atoms with Crippen LogP contribution in [-0.4, -0.2) is 36.6 Å². The number of aromatic nitrogens is 1. The number of rotatable bonds is 4. The van der Waals surface area contributed by atoms with Crippen molar-refractivity contribution in [1.29, 1.82) is 0 Å². The molecule has 1 unspecified atom stereocenters. The van der Waals surface area contributed by atoms with E-state index >= 15 is 0 Å². The Kier molecular flexibility index (Phi) is 4.15. The number of piperidine rings is 1. The summed E-state index contributed by atoms with van der Waals surface area (Å²) in [5.74, 6) is 0.487. The van der Waals surface area contributed by atoms with Gasteiger partial charge in [0.1, 0.15) is 5.82 Å². The van der Waals surface area contributed by atoms with Crippen molar-refractivity contribution in [3.8, 4) is 0 Å². The van der Waals surface area contributed by atoms with Crippen LogP contribution in [0.3, 0.4) is 0 Å². The Labute approximate surface area is 107 Å². The molecular formula is C13H20N4O. The molecule has 3 N–H and O–H groups in total. The molecule has 0 spiro atoms. The lowest BCUT2D eigenvalue weighted by Gasteiger charge is -2.34. The molecule has 0 aromatic carbocycles. The number of pyridine rings is 1. The molecule has 5 nitrogen and oxygen atoms in total. The van der Waals surface area contributed by atoms with Gasteiger partial charge >= 0.3 is 0 Å². The molecule has 1 amide bonds. The zero-order valence-electron chi connectivity index (χ0n) is 10.7. The molecule has 1 aromatic rings. The van der Waals surface area contributed by atoms with Gasteiger partial charge in [0.15, 0.2) is 0 Å². The molecule has 0 bridgehead atoms. The van der Waals surface area contributed by atoms with Crippen LogP contribution in [0, 0.1) is 0 Å². The van der Waals surface area contributed by atoms with Crippen molar-refractivity contribution < 1.29 is 4.79 Å². The maximum atomic E-state index is 11.0. The molecular weight excluding hydrogens is 228 g/mol. The molecule has 1 aliphatic heterocycles. The summed E-state index contributed by atoms with van der Waals surface area (Å²) in [4.78, 5) is 17.6. The van der Waals surface area contributed by atoms with Gasteiger partial charge in [-0.2, -0.15) is 0 Å². The standard InChI is InChI=1S/C13H20N4O/c1-2-15-11-4-3-7-17(9-11)12-6-5-10(8-16-12)13(14)18/h5-6,8,11,15H,2-4,7,9H2,1H3,(H2,14,18). The molecule has 0 radical (unpaired) electrons. The molecule has 98 valence electrons. The van der Waals surface area contributed by atoms with Crippen molar-refractivity contribution in [2.75, 3.05) is 24.5 Å². The van der Waals surface area contributed by atoms with Crippen LogP contribution in [0.4, 0.5) is 5.82 Å². The zero-order valence-corrected chi connectivity index (χ0v) is 10.7. The minimum Gasteiger partial charge on any atom is -0.366 e. The summed E-state index contributed by atoms with van der Waals surface area (Å²) in [6.07, 6.45) is 3.93. The number of carbonyl (C=O) groups excluding carboxylic acids is 1. The van der Waals surface area contributed by atoms with E-state index in [-0.39, 0.29) is 0 Å². The second-order valence-corrected chi connectivity index (χ2v) is 4.61. The van der Waals surface area contributed by atoms with Gasteiger partial charge in [-0.1, -0.05) is 6.92 Å². The Morgan fingerprint density at radius 3 is 3.06 bits per heavy atom. The molecule has 1 saturated heterocycles. The number of hydrogen-bond donors (Lipinski definition) is 2. The first-order chi connectivity index (χ1) is 8.70. The first kappa shape index (κ1) is 12.8. The summed E-state index contributed by atoms with van der Waals surface area (Å²) in [6, 6.07) is 4.14. The van der Waals surface area contributed by atoms with Gasteiger partial charge in [0.25, 0.3) is 0 Å². The van der Waals surface area contributed by atoms with E-state index in [9.17, 15) is 4.79 Å². The van der Waals surface area contributed by atoms with Gasteiger partial charge in [0, 0.05) is 25.3 Å². The SMILES string of the molecule is CCNC1CCCN(c2ccc(C(N)=O)cn2)C1. The number of hydrogen-bond acceptors (Lipinski definition) is 4. The highest BCUT2D eigenvalue weighted by Gasteiger charge is 2.19. The minimum absolute atomic E-state index is 0.432. The van der Waals surface area contributed by atoms with Gasteiger partial charge in [-0.15, -0.1) is 0 Å². The fourth-order valence-corrected chi connectivity index (χ4v) is 2.36. The molecule has 1 atom stereocenters. The van der Waals surface area contributed by atoms with Gasteiger partial charge in [0.05, 0.1) is 5.56 Å². The van der Waals surface area contributed by atoms with E-state index in [1.807, 2.05) is 6.07 Å². The second-order valence-electron chi connectivity index (χ2n) is 4.61. The highest BCUT2D eigenvalue weighted by Crippen LogP contribution is 2.17. The van der Waals surface area contributed by atoms with Crippen molar-refractivity contribution in [1.82, 2.24) is 10.3 Å². The Bertz CT molecular complexity index is 402. The highest BCUT2D eigenvalue weighted by atomic mass is 16.1. The summed E-state index contributed by atoms with van der Waals surface area (Å²) in [5.41, 5.74) is 5.66. The fourth-order valence-electron chi connectivity index (χ4n) is 2.36. The summed E-state index contributed by atoms with van der Waals surface area (Å²) in [6.45, 7) is 5.10. The maximum absolute atomic E-state index is 11.0. The number of amides is 1. The Hall–Kier alpha value is -1.62. The largest absolute Gasteiger partial charge is 0.366 e. The molecule has 1 aliphatic rings. The molecule has 2 heterocycles. The van der Waals surface area contributed by atoms with E-state index in [1.54, 1.807) is 12.3 Å². The van der Waals surface area contributed by atoms with E-state index in [0.717, 1.165) is 31.9 Å². The van der Waals surface area contributed by atoms with E-state index < -0.39 is 5.91 Å². The zero-order chi connectivity index (χ0) is 13.0. The third-order valence-electron chi connectivity index (χ3n) is 3.27. The number of anilines is 1. The fraction of sp³-hybridized carbons (Fsp3) is 0.538. The number of nitrogens with zero attached hydrogens (tertiary/aromatic N) is 2. The quantitative estimate of drug-likeness (QED) is 0.825. The first-order valence-electron chi connectivity index (χ1n) is 6.45. The third-order valence-corrected chi connectivity index (χ3v) is 3.27. The Morgan fingerprint density at radius 1 is 1.61 bits per heavy atom. The lowest BCUT2D eigenvalue weighted by molar-refractivity contribution is 0.1000. The van der Waals surface area contributed by atoms with Crippen molar-refractivity contribution in [3.05, 3.63) is 23.9 Å². The second kappa shape index (κ2) is 5.82. The predicted molar refractivity (Wildman–Crippen MR) is 71.7 cm³/mol. The van der Waals surface area contributed by atoms with Gasteiger partial charge in [-0.05, 0) is 31.5 Å². The number of likely N-dealkylation sites (N-methyl/N-ethyl adjacent to an activating group) is 1. The highest BCUT2D eigenvalue weighted by molar-refractivity contribution is 5.92. The smallest absolute Gasteiger partial charge is 0.250 e. The van der Waals surface area contributed by atoms with E-state index in [1.165, 1.54) is 6.42 Å². The van der Waals surface area contributed by atoms with E-state index in [0.29, 0.717) is 11.6 Å². The Balaban J connectivity index is 2.04. The van der Waals surface area contributed by atoms with Crippen molar-refractivity contribution in [3.63, 3.8) is 0 Å². The molecule has 1 fully saturated rings. The summed E-state index contributed by atoms with van der Waals surface area (Å²) in [7, 11) is 0. The van der Waals surface area contributed by atoms with Crippen molar-refractivity contribution in [2.45, 2.75) is 25.8 Å². The lowest BCUT2D eigenvalue weighted by atomic mass is 10.1. The molecule has 5 heteroatoms. The van der Waals surface area contributed by atoms with Crippen LogP contribution in [0.5, 0.6) is 0 Å². The average molecular weight is 248 g/mol. The molecule has 2 rings (SSSR count). The van der Waals surface area contributed by atoms with Crippen LogP contribution >= 0.6 is 0 Å². The number of nitrogens with one attached hydrogen (secondary N) is 1. The van der Waals surface area contributed by atoms with Gasteiger partial charge < -0.3 is 16.0 Å². The van der Waals surface area contributed by atoms with Crippen LogP contribution in [-0.2, 0) is 0 Å². The molecule has 1 aromatic heterocycles. The summed E-state index contributed by atoms with van der Waals surface area (Å²) in [5, 5.41) is 3.47. The van der Waals surface area contributed by atoms with Crippen molar-refractivity contribution in [2.24, 2.45) is 5.73 Å². The number of primary amides is 1. The van der Waals surface area contributed by atoms with Crippen LogP contribution in [0.15, 0.2) is 18.3 Å². The van der Waals surface area contributed by atoms with Crippen LogP contribution in [0.2, 0.25) is 0 Å². The monoisotopic (exact) mass is 248 g/mol. The van der Waals surface area contributed by atoms with Crippen LogP contribution < -0.4 is 16.0 Å². The first-order valence-corrected chi connectivity index (χ1v) is 6.45. The average Bonchev–Trinajstić information content (AvgIpc) is 2.39. The number of nitrogens with two attached hydrogens (primary N) is 1. The van der Waals surface area contributed by atoms with Gasteiger partial charge in [0.2, 0.25) is 5.91 Å². The number of carbonyl (C=O) groups is 1.